The smallest absolute Gasteiger partial charge is 0.315 e. The van der Waals surface area contributed by atoms with Crippen LogP contribution in [0.5, 0.6) is 5.75 Å². The number of amides is 2. The molecular weight excluding hydrogens is 371 g/mol. The molecule has 0 aliphatic rings. The first kappa shape index (κ1) is 18.7. The van der Waals surface area contributed by atoms with Crippen LogP contribution < -0.4 is 15.4 Å². The molecule has 3 aromatic rings. The van der Waals surface area contributed by atoms with Gasteiger partial charge in [0.1, 0.15) is 18.2 Å². The molecule has 0 bridgehead atoms. The fourth-order valence-corrected chi connectivity index (χ4v) is 2.45. The summed E-state index contributed by atoms with van der Waals surface area (Å²) in [5.41, 5.74) is 1.74. The molecule has 0 unspecified atom stereocenters. The molecule has 0 fully saturated rings. The highest BCUT2D eigenvalue weighted by atomic mass is 35.5. The fourth-order valence-electron chi connectivity index (χ4n) is 2.32. The van der Waals surface area contributed by atoms with Crippen molar-refractivity contribution in [2.45, 2.75) is 6.54 Å². The molecule has 2 N–H and O–H groups in total. The average molecular weight is 389 g/mol. The van der Waals surface area contributed by atoms with Gasteiger partial charge in [0.25, 0.3) is 0 Å². The zero-order valence-corrected chi connectivity index (χ0v) is 15.1. The van der Waals surface area contributed by atoms with Crippen LogP contribution in [-0.4, -0.2) is 29.0 Å². The third-order valence-electron chi connectivity index (χ3n) is 3.63. The largest absolute Gasteiger partial charge is 0.492 e. The maximum absolute atomic E-state index is 13.0. The molecule has 140 valence electrons. The number of ether oxygens (including phenoxy) is 1. The number of urea groups is 1. The molecule has 3 rings (SSSR count). The second-order valence-corrected chi connectivity index (χ2v) is 6.12. The summed E-state index contributed by atoms with van der Waals surface area (Å²) in [5.74, 6) is 0.0594. The van der Waals surface area contributed by atoms with Crippen molar-refractivity contribution in [3.63, 3.8) is 0 Å². The van der Waals surface area contributed by atoms with Crippen LogP contribution in [0.3, 0.4) is 0 Å². The second kappa shape index (κ2) is 9.05. The fraction of sp³-hybridized carbons (Fsp3) is 0.158. The van der Waals surface area contributed by atoms with Gasteiger partial charge in [0.05, 0.1) is 18.4 Å². The van der Waals surface area contributed by atoms with E-state index < -0.39 is 0 Å². The highest BCUT2D eigenvalue weighted by molar-refractivity contribution is 6.30. The quantitative estimate of drug-likeness (QED) is 0.608. The SMILES string of the molecule is O=C(NCCOc1cccc(F)c1)NCc1cnn(-c2ccc(Cl)cc2)c1. The molecule has 27 heavy (non-hydrogen) atoms. The average Bonchev–Trinajstić information content (AvgIpc) is 3.13. The van der Waals surface area contributed by atoms with Gasteiger partial charge >= 0.3 is 6.03 Å². The van der Waals surface area contributed by atoms with Crippen molar-refractivity contribution in [1.29, 1.82) is 0 Å². The third-order valence-corrected chi connectivity index (χ3v) is 3.88. The van der Waals surface area contributed by atoms with E-state index in [1.165, 1.54) is 12.1 Å². The van der Waals surface area contributed by atoms with Gasteiger partial charge in [-0.15, -0.1) is 0 Å². The summed E-state index contributed by atoms with van der Waals surface area (Å²) >= 11 is 5.87. The van der Waals surface area contributed by atoms with Crippen molar-refractivity contribution >= 4 is 17.6 Å². The minimum atomic E-state index is -0.364. The molecule has 6 nitrogen and oxygen atoms in total. The van der Waals surface area contributed by atoms with Gasteiger partial charge in [-0.1, -0.05) is 17.7 Å². The summed E-state index contributed by atoms with van der Waals surface area (Å²) in [5, 5.41) is 10.3. The second-order valence-electron chi connectivity index (χ2n) is 5.68. The number of carbonyl (C=O) groups is 1. The Labute approximate surface area is 160 Å². The van der Waals surface area contributed by atoms with E-state index in [0.717, 1.165) is 11.3 Å². The predicted octanol–water partition coefficient (Wildman–Crippen LogP) is 3.54. The molecule has 2 amide bonds. The van der Waals surface area contributed by atoms with Crippen LogP contribution in [-0.2, 0) is 6.54 Å². The Bertz CT molecular complexity index is 899. The molecule has 0 atom stereocenters. The summed E-state index contributed by atoms with van der Waals surface area (Å²) in [4.78, 5) is 11.8. The Kier molecular flexibility index (Phi) is 6.27. The van der Waals surface area contributed by atoms with E-state index in [4.69, 9.17) is 16.3 Å². The van der Waals surface area contributed by atoms with Crippen LogP contribution in [0.2, 0.25) is 5.02 Å². The van der Waals surface area contributed by atoms with Crippen molar-refractivity contribution in [2.75, 3.05) is 13.2 Å². The third kappa shape index (κ3) is 5.72. The van der Waals surface area contributed by atoms with Crippen molar-refractivity contribution in [3.8, 4) is 11.4 Å². The van der Waals surface area contributed by atoms with Crippen LogP contribution in [0.1, 0.15) is 5.56 Å². The van der Waals surface area contributed by atoms with E-state index in [0.29, 0.717) is 23.9 Å². The normalized spacial score (nSPS) is 10.4. The lowest BCUT2D eigenvalue weighted by Crippen LogP contribution is -2.37. The number of hydrogen-bond acceptors (Lipinski definition) is 3. The van der Waals surface area contributed by atoms with Crippen molar-refractivity contribution in [1.82, 2.24) is 20.4 Å². The Hall–Kier alpha value is -3.06. The van der Waals surface area contributed by atoms with Gasteiger partial charge in [-0.05, 0) is 36.4 Å². The molecule has 8 heteroatoms. The first-order valence-corrected chi connectivity index (χ1v) is 8.67. The summed E-state index contributed by atoms with van der Waals surface area (Å²) in [6, 6.07) is 12.8. The van der Waals surface area contributed by atoms with Gasteiger partial charge in [-0.2, -0.15) is 5.10 Å². The lowest BCUT2D eigenvalue weighted by atomic mass is 10.3. The van der Waals surface area contributed by atoms with Gasteiger partial charge in [0, 0.05) is 29.4 Å². The maximum atomic E-state index is 13.0. The lowest BCUT2D eigenvalue weighted by molar-refractivity contribution is 0.236. The molecule has 2 aromatic carbocycles. The summed E-state index contributed by atoms with van der Waals surface area (Å²) in [6.07, 6.45) is 3.51. The van der Waals surface area contributed by atoms with Gasteiger partial charge in [0.15, 0.2) is 0 Å². The van der Waals surface area contributed by atoms with E-state index in [-0.39, 0.29) is 18.5 Å². The number of benzene rings is 2. The molecule has 1 heterocycles. The summed E-state index contributed by atoms with van der Waals surface area (Å²) in [7, 11) is 0. The Morgan fingerprint density at radius 3 is 2.78 bits per heavy atom. The van der Waals surface area contributed by atoms with Crippen LogP contribution in [0.4, 0.5) is 9.18 Å². The van der Waals surface area contributed by atoms with Gasteiger partial charge in [-0.3, -0.25) is 0 Å². The first-order valence-electron chi connectivity index (χ1n) is 8.30. The zero-order chi connectivity index (χ0) is 19.1. The molecule has 0 spiro atoms. The van der Waals surface area contributed by atoms with E-state index >= 15 is 0 Å². The predicted molar refractivity (Wildman–Crippen MR) is 101 cm³/mol. The number of rotatable bonds is 7. The van der Waals surface area contributed by atoms with E-state index in [9.17, 15) is 9.18 Å². The Morgan fingerprint density at radius 1 is 1.19 bits per heavy atom. The van der Waals surface area contributed by atoms with Crippen LogP contribution in [0.15, 0.2) is 60.9 Å². The Morgan fingerprint density at radius 2 is 2.00 bits per heavy atom. The molecule has 0 saturated carbocycles. The first-order chi connectivity index (χ1) is 13.1. The monoisotopic (exact) mass is 388 g/mol. The standard InChI is InChI=1S/C19H18ClFN4O2/c20-15-4-6-17(7-5-15)25-13-14(12-24-25)11-23-19(26)22-8-9-27-18-3-1-2-16(21)10-18/h1-7,10,12-13H,8-9,11H2,(H2,22,23,26). The van der Waals surface area contributed by atoms with E-state index in [2.05, 4.69) is 15.7 Å². The minimum Gasteiger partial charge on any atom is -0.492 e. The number of hydrogen-bond donors (Lipinski definition) is 2. The number of halogens is 2. The summed E-state index contributed by atoms with van der Waals surface area (Å²) < 4.78 is 20.1. The maximum Gasteiger partial charge on any atom is 0.315 e. The Balaban J connectivity index is 1.38. The lowest BCUT2D eigenvalue weighted by Gasteiger charge is -2.08. The highest BCUT2D eigenvalue weighted by Crippen LogP contribution is 2.13. The van der Waals surface area contributed by atoms with Crippen LogP contribution >= 0.6 is 11.6 Å². The van der Waals surface area contributed by atoms with Gasteiger partial charge < -0.3 is 15.4 Å². The molecule has 0 saturated heterocycles. The minimum absolute atomic E-state index is 0.241. The molecule has 0 radical (unpaired) electrons. The van der Waals surface area contributed by atoms with E-state index in [1.807, 2.05) is 18.3 Å². The van der Waals surface area contributed by atoms with Crippen LogP contribution in [0, 0.1) is 5.82 Å². The topological polar surface area (TPSA) is 68.2 Å². The van der Waals surface area contributed by atoms with Gasteiger partial charge in [0.2, 0.25) is 0 Å². The van der Waals surface area contributed by atoms with Crippen molar-refractivity contribution in [3.05, 3.63) is 77.3 Å². The molecule has 1 aromatic heterocycles. The number of carbonyl (C=O) groups excluding carboxylic acids is 1. The van der Waals surface area contributed by atoms with Crippen molar-refractivity contribution < 1.29 is 13.9 Å². The number of aromatic nitrogens is 2. The summed E-state index contributed by atoms with van der Waals surface area (Å²) in [6.45, 7) is 0.877. The number of nitrogens with one attached hydrogen (secondary N) is 2. The van der Waals surface area contributed by atoms with Crippen molar-refractivity contribution in [2.24, 2.45) is 0 Å². The highest BCUT2D eigenvalue weighted by Gasteiger charge is 2.04. The molecule has 0 aliphatic carbocycles. The van der Waals surface area contributed by atoms with Crippen LogP contribution in [0.25, 0.3) is 5.69 Å². The van der Waals surface area contributed by atoms with Gasteiger partial charge in [-0.25, -0.2) is 13.9 Å². The zero-order valence-electron chi connectivity index (χ0n) is 14.4. The molecule has 0 aliphatic heterocycles. The van der Waals surface area contributed by atoms with E-state index in [1.54, 1.807) is 35.1 Å². The molecular formula is C19H18ClFN4O2. The number of nitrogens with zero attached hydrogens (tertiary/aromatic N) is 2.